The molecule has 0 fully saturated rings. The minimum atomic E-state index is -4.77. The van der Waals surface area contributed by atoms with Crippen molar-refractivity contribution >= 4 is 21.8 Å². The van der Waals surface area contributed by atoms with E-state index in [1.54, 1.807) is 30.3 Å². The molecule has 2 aromatic rings. The fraction of sp³-hybridized carbons (Fsp3) is 0.188. The summed E-state index contributed by atoms with van der Waals surface area (Å²) in [6.07, 6.45) is -4.77. The fourth-order valence-electron chi connectivity index (χ4n) is 2.00. The lowest BCUT2D eigenvalue weighted by atomic mass is 10.1. The molecule has 7 heteroatoms. The van der Waals surface area contributed by atoms with Crippen LogP contribution < -0.4 is 4.74 Å². The molecule has 0 N–H and O–H groups in total. The van der Waals surface area contributed by atoms with Crippen LogP contribution in [0.15, 0.2) is 53.0 Å². The smallest absolute Gasteiger partial charge is 0.405 e. The van der Waals surface area contributed by atoms with E-state index >= 15 is 0 Å². The van der Waals surface area contributed by atoms with Crippen LogP contribution in [-0.4, -0.2) is 24.2 Å². The second kappa shape index (κ2) is 7.04. The van der Waals surface area contributed by atoms with Gasteiger partial charge in [0.15, 0.2) is 0 Å². The van der Waals surface area contributed by atoms with Gasteiger partial charge in [-0.25, -0.2) is 0 Å². The van der Waals surface area contributed by atoms with E-state index in [-0.39, 0.29) is 23.8 Å². The normalized spacial score (nSPS) is 11.2. The molecule has 0 saturated heterocycles. The average Bonchev–Trinajstić information content (AvgIpc) is 2.48. The Morgan fingerprint density at radius 2 is 1.74 bits per heavy atom. The topological polar surface area (TPSA) is 29.5 Å². The first-order valence-corrected chi connectivity index (χ1v) is 7.40. The molecule has 122 valence electrons. The SMILES string of the molecule is CN(Cc1ccccc1OC(F)(F)F)C(=O)c1ccc(Br)cc1. The van der Waals surface area contributed by atoms with E-state index in [4.69, 9.17) is 0 Å². The van der Waals surface area contributed by atoms with E-state index < -0.39 is 6.36 Å². The van der Waals surface area contributed by atoms with Crippen molar-refractivity contribution < 1.29 is 22.7 Å². The number of ether oxygens (including phenoxy) is 1. The molecule has 0 aliphatic rings. The molecule has 3 nitrogen and oxygen atoms in total. The number of halogens is 4. The van der Waals surface area contributed by atoms with Crippen LogP contribution in [0.5, 0.6) is 5.75 Å². The summed E-state index contributed by atoms with van der Waals surface area (Å²) in [6.45, 7) is 0.00114. The maximum Gasteiger partial charge on any atom is 0.573 e. The number of benzene rings is 2. The highest BCUT2D eigenvalue weighted by Gasteiger charge is 2.32. The minimum absolute atomic E-state index is 0.00114. The summed E-state index contributed by atoms with van der Waals surface area (Å²) in [6, 6.07) is 12.5. The predicted molar refractivity (Wildman–Crippen MR) is 83.1 cm³/mol. The van der Waals surface area contributed by atoms with Gasteiger partial charge in [-0.05, 0) is 30.3 Å². The average molecular weight is 388 g/mol. The van der Waals surface area contributed by atoms with Crippen molar-refractivity contribution in [1.82, 2.24) is 4.90 Å². The Bertz CT molecular complexity index is 686. The van der Waals surface area contributed by atoms with Gasteiger partial charge in [-0.3, -0.25) is 4.79 Å². The maximum absolute atomic E-state index is 12.4. The molecule has 0 unspecified atom stereocenters. The van der Waals surface area contributed by atoms with Crippen molar-refractivity contribution in [2.24, 2.45) is 0 Å². The van der Waals surface area contributed by atoms with Gasteiger partial charge in [-0.1, -0.05) is 34.1 Å². The molecular formula is C16H13BrF3NO2. The van der Waals surface area contributed by atoms with Crippen LogP contribution in [0.1, 0.15) is 15.9 Å². The van der Waals surface area contributed by atoms with Crippen molar-refractivity contribution in [3.8, 4) is 5.75 Å². The number of hydrogen-bond donors (Lipinski definition) is 0. The van der Waals surface area contributed by atoms with Gasteiger partial charge < -0.3 is 9.64 Å². The van der Waals surface area contributed by atoms with Gasteiger partial charge in [0, 0.05) is 29.2 Å². The van der Waals surface area contributed by atoms with E-state index in [2.05, 4.69) is 20.7 Å². The van der Waals surface area contributed by atoms with Crippen molar-refractivity contribution in [2.75, 3.05) is 7.05 Å². The number of carbonyl (C=O) groups is 1. The molecular weight excluding hydrogens is 375 g/mol. The number of alkyl halides is 3. The van der Waals surface area contributed by atoms with Gasteiger partial charge in [0.1, 0.15) is 5.75 Å². The van der Waals surface area contributed by atoms with Gasteiger partial charge in [0.25, 0.3) is 5.91 Å². The largest absolute Gasteiger partial charge is 0.573 e. The van der Waals surface area contributed by atoms with Crippen LogP contribution in [0.4, 0.5) is 13.2 Å². The Morgan fingerprint density at radius 3 is 2.35 bits per heavy atom. The predicted octanol–water partition coefficient (Wildman–Crippen LogP) is 4.62. The Hall–Kier alpha value is -2.02. The Balaban J connectivity index is 2.15. The minimum Gasteiger partial charge on any atom is -0.405 e. The molecule has 23 heavy (non-hydrogen) atoms. The lowest BCUT2D eigenvalue weighted by Crippen LogP contribution is -2.27. The van der Waals surface area contributed by atoms with Crippen molar-refractivity contribution in [3.05, 3.63) is 64.1 Å². The summed E-state index contributed by atoms with van der Waals surface area (Å²) < 4.78 is 42.1. The maximum atomic E-state index is 12.4. The zero-order valence-corrected chi connectivity index (χ0v) is 13.7. The van der Waals surface area contributed by atoms with Gasteiger partial charge in [-0.15, -0.1) is 13.2 Å². The monoisotopic (exact) mass is 387 g/mol. The molecule has 0 aromatic heterocycles. The zero-order chi connectivity index (χ0) is 17.0. The molecule has 0 radical (unpaired) electrons. The summed E-state index contributed by atoms with van der Waals surface area (Å²) in [5.74, 6) is -0.602. The zero-order valence-electron chi connectivity index (χ0n) is 12.1. The Labute approximate surface area is 139 Å². The molecule has 2 rings (SSSR count). The number of amides is 1. The second-order valence-corrected chi connectivity index (χ2v) is 5.74. The molecule has 0 aliphatic carbocycles. The van der Waals surface area contributed by atoms with E-state index in [0.717, 1.165) is 4.47 Å². The molecule has 0 bridgehead atoms. The third-order valence-electron chi connectivity index (χ3n) is 3.04. The Morgan fingerprint density at radius 1 is 1.13 bits per heavy atom. The number of rotatable bonds is 4. The summed E-state index contributed by atoms with van der Waals surface area (Å²) in [7, 11) is 1.52. The standard InChI is InChI=1S/C16H13BrF3NO2/c1-21(15(22)11-6-8-13(17)9-7-11)10-12-4-2-3-5-14(12)23-16(18,19)20/h2-9H,10H2,1H3. The lowest BCUT2D eigenvalue weighted by molar-refractivity contribution is -0.274. The third-order valence-corrected chi connectivity index (χ3v) is 3.57. The lowest BCUT2D eigenvalue weighted by Gasteiger charge is -2.20. The highest BCUT2D eigenvalue weighted by molar-refractivity contribution is 9.10. The first kappa shape index (κ1) is 17.3. The molecule has 1 amide bonds. The van der Waals surface area contributed by atoms with Crippen LogP contribution in [0.25, 0.3) is 0 Å². The number of nitrogens with zero attached hydrogens (tertiary/aromatic N) is 1. The van der Waals surface area contributed by atoms with Crippen molar-refractivity contribution in [1.29, 1.82) is 0 Å². The van der Waals surface area contributed by atoms with Gasteiger partial charge in [0.05, 0.1) is 0 Å². The molecule has 0 aliphatic heterocycles. The number of carbonyl (C=O) groups excluding carboxylic acids is 1. The summed E-state index contributed by atoms with van der Waals surface area (Å²) in [5, 5.41) is 0. The second-order valence-electron chi connectivity index (χ2n) is 4.82. The Kier molecular flexibility index (Phi) is 5.30. The van der Waals surface area contributed by atoms with Crippen molar-refractivity contribution in [3.63, 3.8) is 0 Å². The summed E-state index contributed by atoms with van der Waals surface area (Å²) in [4.78, 5) is 13.6. The van der Waals surface area contributed by atoms with E-state index in [1.165, 1.54) is 30.1 Å². The third kappa shape index (κ3) is 4.99. The van der Waals surface area contributed by atoms with E-state index in [0.29, 0.717) is 5.56 Å². The summed E-state index contributed by atoms with van der Waals surface area (Å²) >= 11 is 3.27. The summed E-state index contributed by atoms with van der Waals surface area (Å²) in [5.41, 5.74) is 0.725. The van der Waals surface area contributed by atoms with Gasteiger partial charge >= 0.3 is 6.36 Å². The van der Waals surface area contributed by atoms with Crippen LogP contribution in [-0.2, 0) is 6.54 Å². The highest BCUT2D eigenvalue weighted by Crippen LogP contribution is 2.27. The molecule has 0 atom stereocenters. The van der Waals surface area contributed by atoms with E-state index in [1.807, 2.05) is 0 Å². The molecule has 0 saturated carbocycles. The molecule has 0 heterocycles. The fourth-order valence-corrected chi connectivity index (χ4v) is 2.26. The number of para-hydroxylation sites is 1. The number of hydrogen-bond acceptors (Lipinski definition) is 2. The van der Waals surface area contributed by atoms with E-state index in [9.17, 15) is 18.0 Å². The van der Waals surface area contributed by atoms with Crippen LogP contribution in [0, 0.1) is 0 Å². The van der Waals surface area contributed by atoms with Crippen LogP contribution in [0.3, 0.4) is 0 Å². The molecule has 0 spiro atoms. The first-order valence-electron chi connectivity index (χ1n) is 6.61. The quantitative estimate of drug-likeness (QED) is 0.765. The molecule has 2 aromatic carbocycles. The van der Waals surface area contributed by atoms with Gasteiger partial charge in [-0.2, -0.15) is 0 Å². The first-order chi connectivity index (χ1) is 10.8. The highest BCUT2D eigenvalue weighted by atomic mass is 79.9. The van der Waals surface area contributed by atoms with Crippen LogP contribution in [0.2, 0.25) is 0 Å². The van der Waals surface area contributed by atoms with Gasteiger partial charge in [0.2, 0.25) is 0 Å². The van der Waals surface area contributed by atoms with Crippen molar-refractivity contribution in [2.45, 2.75) is 12.9 Å². The van der Waals surface area contributed by atoms with Crippen LogP contribution >= 0.6 is 15.9 Å².